The van der Waals surface area contributed by atoms with E-state index in [1.807, 2.05) is 6.92 Å². The van der Waals surface area contributed by atoms with E-state index in [2.05, 4.69) is 0 Å². The molecule has 6 nitrogen and oxygen atoms in total. The van der Waals surface area contributed by atoms with Gasteiger partial charge in [0.05, 0.1) is 6.61 Å². The molecule has 0 saturated heterocycles. The zero-order chi connectivity index (χ0) is 16.3. The lowest BCUT2D eigenvalue weighted by Crippen LogP contribution is -2.30. The molecule has 0 rings (SSSR count). The molecule has 2 unspecified atom stereocenters. The first kappa shape index (κ1) is 19.6. The van der Waals surface area contributed by atoms with Crippen LogP contribution in [0.1, 0.15) is 59.3 Å². The molecule has 0 heterocycles. The van der Waals surface area contributed by atoms with Crippen molar-refractivity contribution in [1.82, 2.24) is 0 Å². The smallest absolute Gasteiger partial charge is 0.347 e. The molecule has 0 aliphatic heterocycles. The van der Waals surface area contributed by atoms with E-state index in [1.54, 1.807) is 0 Å². The minimum Gasteiger partial charge on any atom is -0.463 e. The first-order valence-electron chi connectivity index (χ1n) is 7.45. The van der Waals surface area contributed by atoms with Crippen molar-refractivity contribution in [2.75, 3.05) is 6.61 Å². The van der Waals surface area contributed by atoms with Crippen LogP contribution in [-0.2, 0) is 23.9 Å². The van der Waals surface area contributed by atoms with Gasteiger partial charge in [0, 0.05) is 12.8 Å². The quantitative estimate of drug-likeness (QED) is 0.462. The molecule has 0 saturated carbocycles. The first-order valence-corrected chi connectivity index (χ1v) is 7.45. The summed E-state index contributed by atoms with van der Waals surface area (Å²) >= 11 is 0. The van der Waals surface area contributed by atoms with Gasteiger partial charge in [0.15, 0.2) is 6.10 Å². The third-order valence-corrected chi connectivity index (χ3v) is 2.95. The van der Waals surface area contributed by atoms with Crippen LogP contribution in [0.5, 0.6) is 0 Å². The fraction of sp³-hybridized carbons (Fsp3) is 0.800. The van der Waals surface area contributed by atoms with Crippen LogP contribution < -0.4 is 0 Å². The second-order valence-corrected chi connectivity index (χ2v) is 4.98. The lowest BCUT2D eigenvalue weighted by Gasteiger charge is -2.13. The van der Waals surface area contributed by atoms with E-state index in [4.69, 9.17) is 14.6 Å². The summed E-state index contributed by atoms with van der Waals surface area (Å²) in [6, 6.07) is 0. The maximum Gasteiger partial charge on any atom is 0.347 e. The van der Waals surface area contributed by atoms with Crippen molar-refractivity contribution in [3.63, 3.8) is 0 Å². The molecule has 0 spiro atoms. The van der Waals surface area contributed by atoms with Gasteiger partial charge in [-0.25, -0.2) is 9.59 Å². The molecule has 1 N–H and O–H groups in total. The van der Waals surface area contributed by atoms with Crippen molar-refractivity contribution in [2.45, 2.75) is 71.5 Å². The summed E-state index contributed by atoms with van der Waals surface area (Å²) < 4.78 is 9.68. The highest BCUT2D eigenvalue weighted by Crippen LogP contribution is 2.06. The van der Waals surface area contributed by atoms with Gasteiger partial charge in [-0.15, -0.1) is 0 Å². The van der Waals surface area contributed by atoms with Crippen LogP contribution in [0.15, 0.2) is 0 Å². The number of esters is 2. The Hall–Kier alpha value is -1.43. The molecule has 6 heteroatoms. The lowest BCUT2D eigenvalue weighted by atomic mass is 10.1. The summed E-state index contributed by atoms with van der Waals surface area (Å²) in [7, 11) is 0. The number of rotatable bonds is 11. The molecule has 0 fully saturated rings. The molecule has 122 valence electrons. The Kier molecular flexibility index (Phi) is 10.5. The minimum atomic E-state index is -1.26. The van der Waals surface area contributed by atoms with Gasteiger partial charge < -0.3 is 14.6 Å². The summed E-state index contributed by atoms with van der Waals surface area (Å²) in [5.74, 6) is -1.19. The maximum atomic E-state index is 11.5. The summed E-state index contributed by atoms with van der Waals surface area (Å²) in [5.41, 5.74) is 0. The van der Waals surface area contributed by atoms with Crippen LogP contribution in [0, 0.1) is 0 Å². The Balaban J connectivity index is 3.61. The van der Waals surface area contributed by atoms with Crippen LogP contribution in [0.4, 0.5) is 0 Å². The largest absolute Gasteiger partial charge is 0.463 e. The number of carbonyl (C=O) groups is 3. The van der Waals surface area contributed by atoms with Crippen molar-refractivity contribution in [1.29, 1.82) is 0 Å². The second-order valence-electron chi connectivity index (χ2n) is 4.98. The lowest BCUT2D eigenvalue weighted by molar-refractivity contribution is -0.171. The normalized spacial score (nSPS) is 13.3. The molecule has 0 aliphatic carbocycles. The van der Waals surface area contributed by atoms with Crippen LogP contribution >= 0.6 is 0 Å². The van der Waals surface area contributed by atoms with Crippen molar-refractivity contribution < 1.29 is 29.0 Å². The molecule has 0 aromatic carbocycles. The van der Waals surface area contributed by atoms with E-state index in [0.29, 0.717) is 19.3 Å². The van der Waals surface area contributed by atoms with Crippen molar-refractivity contribution >= 4 is 17.7 Å². The van der Waals surface area contributed by atoms with E-state index < -0.39 is 24.1 Å². The Labute approximate surface area is 125 Å². The highest BCUT2D eigenvalue weighted by Gasteiger charge is 2.21. The fourth-order valence-electron chi connectivity index (χ4n) is 1.57. The molecule has 0 bridgehead atoms. The van der Waals surface area contributed by atoms with Crippen LogP contribution in [-0.4, -0.2) is 41.6 Å². The predicted molar refractivity (Wildman–Crippen MR) is 76.6 cm³/mol. The molecular weight excluding hydrogens is 276 g/mol. The summed E-state index contributed by atoms with van der Waals surface area (Å²) in [5, 5.41) is 8.95. The van der Waals surface area contributed by atoms with Gasteiger partial charge in [0.25, 0.3) is 0 Å². The van der Waals surface area contributed by atoms with Gasteiger partial charge >= 0.3 is 11.9 Å². The van der Waals surface area contributed by atoms with E-state index in [-0.39, 0.29) is 12.4 Å². The van der Waals surface area contributed by atoms with Gasteiger partial charge in [0.2, 0.25) is 0 Å². The minimum absolute atomic E-state index is 0.261. The monoisotopic (exact) mass is 302 g/mol. The van der Waals surface area contributed by atoms with Crippen LogP contribution in [0.3, 0.4) is 0 Å². The molecule has 0 aromatic rings. The molecule has 0 aromatic heterocycles. The summed E-state index contributed by atoms with van der Waals surface area (Å²) in [6.07, 6.45) is 2.30. The second kappa shape index (κ2) is 11.3. The highest BCUT2D eigenvalue weighted by molar-refractivity contribution is 5.80. The molecule has 21 heavy (non-hydrogen) atoms. The van der Waals surface area contributed by atoms with Crippen molar-refractivity contribution in [2.24, 2.45) is 0 Å². The van der Waals surface area contributed by atoms with Gasteiger partial charge in [-0.2, -0.15) is 0 Å². The Bertz CT molecular complexity index is 337. The predicted octanol–water partition coefficient (Wildman–Crippen LogP) is 1.77. The number of carbonyl (C=O) groups excluding carboxylic acids is 3. The summed E-state index contributed by atoms with van der Waals surface area (Å²) in [4.78, 5) is 33.6. The molecular formula is C15H26O6. The number of aliphatic hydroxyl groups is 1. The molecule has 2 atom stereocenters. The zero-order valence-corrected chi connectivity index (χ0v) is 13.1. The number of aliphatic hydroxyl groups excluding tert-OH is 1. The highest BCUT2D eigenvalue weighted by atomic mass is 16.6. The Morgan fingerprint density at radius 1 is 1.00 bits per heavy atom. The molecule has 0 amide bonds. The van der Waals surface area contributed by atoms with Crippen LogP contribution in [0.25, 0.3) is 0 Å². The third kappa shape index (κ3) is 10.0. The average molecular weight is 302 g/mol. The van der Waals surface area contributed by atoms with E-state index >= 15 is 0 Å². The number of unbranched alkanes of at least 4 members (excludes halogenated alkanes) is 3. The van der Waals surface area contributed by atoms with Gasteiger partial charge in [0.1, 0.15) is 11.9 Å². The van der Waals surface area contributed by atoms with Gasteiger partial charge in [-0.3, -0.25) is 4.79 Å². The van der Waals surface area contributed by atoms with E-state index in [9.17, 15) is 14.4 Å². The standard InChI is InChI=1S/C15H26O6/c1-4-13(17)9-7-5-6-8-10-20-15(19)12(3)21-14(18)11(2)16/h11-12,16H,4-10H2,1-3H3. The topological polar surface area (TPSA) is 89.9 Å². The van der Waals surface area contributed by atoms with Crippen molar-refractivity contribution in [3.8, 4) is 0 Å². The van der Waals surface area contributed by atoms with Crippen molar-refractivity contribution in [3.05, 3.63) is 0 Å². The first-order chi connectivity index (χ1) is 9.88. The Morgan fingerprint density at radius 3 is 2.19 bits per heavy atom. The number of hydrogen-bond acceptors (Lipinski definition) is 6. The van der Waals surface area contributed by atoms with Gasteiger partial charge in [-0.1, -0.05) is 19.8 Å². The van der Waals surface area contributed by atoms with E-state index in [1.165, 1.54) is 13.8 Å². The molecule has 0 radical (unpaired) electrons. The number of ketones is 1. The zero-order valence-electron chi connectivity index (χ0n) is 13.1. The summed E-state index contributed by atoms with van der Waals surface area (Å²) in [6.45, 7) is 4.78. The number of Topliss-reactive ketones (excluding diaryl/α,β-unsaturated/α-hetero) is 1. The van der Waals surface area contributed by atoms with Gasteiger partial charge in [-0.05, 0) is 26.7 Å². The number of hydrogen-bond donors (Lipinski definition) is 1. The SMILES string of the molecule is CCC(=O)CCCCCCOC(=O)C(C)OC(=O)C(C)O. The Morgan fingerprint density at radius 2 is 1.62 bits per heavy atom. The number of ether oxygens (including phenoxy) is 2. The van der Waals surface area contributed by atoms with Crippen LogP contribution in [0.2, 0.25) is 0 Å². The average Bonchev–Trinajstić information content (AvgIpc) is 2.45. The fourth-order valence-corrected chi connectivity index (χ4v) is 1.57. The maximum absolute atomic E-state index is 11.5. The van der Waals surface area contributed by atoms with E-state index in [0.717, 1.165) is 19.3 Å². The molecule has 0 aliphatic rings. The third-order valence-electron chi connectivity index (χ3n) is 2.95.